The lowest BCUT2D eigenvalue weighted by Gasteiger charge is -2.14. The molecule has 2 rings (SSSR count). The summed E-state index contributed by atoms with van der Waals surface area (Å²) in [6.45, 7) is 8.06. The van der Waals surface area contributed by atoms with Crippen molar-refractivity contribution in [2.24, 2.45) is 0 Å². The Balaban J connectivity index is 2.10. The summed E-state index contributed by atoms with van der Waals surface area (Å²) in [6, 6.07) is 6.35. The zero-order chi connectivity index (χ0) is 17.7. The van der Waals surface area contributed by atoms with Crippen LogP contribution < -0.4 is 10.2 Å². The molecule has 5 nitrogen and oxygen atoms in total. The molecule has 0 aliphatic heterocycles. The van der Waals surface area contributed by atoms with Gasteiger partial charge in [-0.05, 0) is 44.1 Å². The Labute approximate surface area is 148 Å². The molecule has 0 saturated carbocycles. The van der Waals surface area contributed by atoms with Crippen LogP contribution in [-0.4, -0.2) is 35.2 Å². The van der Waals surface area contributed by atoms with Crippen LogP contribution in [-0.2, 0) is 11.5 Å². The zero-order valence-electron chi connectivity index (χ0n) is 14.9. The third-order valence-corrected chi connectivity index (χ3v) is 4.37. The Morgan fingerprint density at radius 2 is 2.04 bits per heavy atom. The highest BCUT2D eigenvalue weighted by atomic mass is 32.1. The van der Waals surface area contributed by atoms with Crippen molar-refractivity contribution >= 4 is 18.1 Å². The number of imidazole rings is 1. The minimum absolute atomic E-state index is 0.0784. The van der Waals surface area contributed by atoms with Gasteiger partial charge in [0.05, 0.1) is 12.7 Å². The highest BCUT2D eigenvalue weighted by molar-refractivity contribution is 7.71. The van der Waals surface area contributed by atoms with Gasteiger partial charge in [0.1, 0.15) is 0 Å². The van der Waals surface area contributed by atoms with E-state index in [1.807, 2.05) is 35.5 Å². The molecule has 2 N–H and O–H groups in total. The maximum Gasteiger partial charge on any atom is 0.275 e. The number of aromatic nitrogens is 2. The quantitative estimate of drug-likeness (QED) is 0.748. The van der Waals surface area contributed by atoms with E-state index in [1.54, 1.807) is 0 Å². The first-order valence-electron chi connectivity index (χ1n) is 8.35. The van der Waals surface area contributed by atoms with E-state index in [0.717, 1.165) is 28.3 Å². The van der Waals surface area contributed by atoms with Crippen molar-refractivity contribution < 1.29 is 9.69 Å². The van der Waals surface area contributed by atoms with Crippen LogP contribution in [0.2, 0.25) is 0 Å². The van der Waals surface area contributed by atoms with E-state index >= 15 is 0 Å². The Morgan fingerprint density at radius 3 is 2.71 bits per heavy atom. The molecule has 1 heterocycles. The molecule has 0 aliphatic rings. The third-order valence-electron chi connectivity index (χ3n) is 3.93. The number of likely N-dealkylation sites (N-methyl/N-ethyl adjacent to an activating group) is 1. The van der Waals surface area contributed by atoms with Gasteiger partial charge in [-0.3, -0.25) is 13.9 Å². The lowest BCUT2D eigenvalue weighted by molar-refractivity contribution is -0.895. The van der Waals surface area contributed by atoms with Gasteiger partial charge in [0.25, 0.3) is 5.91 Å². The van der Waals surface area contributed by atoms with Crippen molar-refractivity contribution in [1.82, 2.24) is 14.5 Å². The molecule has 2 aromatic rings. The van der Waals surface area contributed by atoms with E-state index in [1.165, 1.54) is 11.1 Å². The van der Waals surface area contributed by atoms with Gasteiger partial charge in [0.15, 0.2) is 18.0 Å². The van der Waals surface area contributed by atoms with E-state index in [-0.39, 0.29) is 5.91 Å². The van der Waals surface area contributed by atoms with Gasteiger partial charge in [0.2, 0.25) is 0 Å². The fourth-order valence-corrected chi connectivity index (χ4v) is 3.02. The number of carbonyl (C=O) groups is 1. The van der Waals surface area contributed by atoms with Crippen LogP contribution in [0.4, 0.5) is 0 Å². The standard InChI is InChI=1S/C18H26N4OS/c1-5-8-19-17(23)12-20(4)13-21-9-10-22(18(21)24)16-7-6-14(2)11-15(16)3/h6-7,9-11H,5,8,12-13H2,1-4H3,(H,19,23)/p+1. The molecule has 0 fully saturated rings. The summed E-state index contributed by atoms with van der Waals surface area (Å²) in [6.07, 6.45) is 4.92. The highest BCUT2D eigenvalue weighted by Crippen LogP contribution is 2.16. The van der Waals surface area contributed by atoms with Crippen LogP contribution in [0, 0.1) is 18.6 Å². The third kappa shape index (κ3) is 4.55. The maximum absolute atomic E-state index is 11.8. The number of nitrogens with zero attached hydrogens (tertiary/aromatic N) is 2. The Kier molecular flexibility index (Phi) is 6.34. The Morgan fingerprint density at radius 1 is 1.29 bits per heavy atom. The molecule has 130 valence electrons. The maximum atomic E-state index is 11.8. The van der Waals surface area contributed by atoms with Gasteiger partial charge in [-0.25, -0.2) is 0 Å². The second kappa shape index (κ2) is 8.26. The van der Waals surface area contributed by atoms with Crippen molar-refractivity contribution in [3.8, 4) is 5.69 Å². The smallest absolute Gasteiger partial charge is 0.275 e. The first-order chi connectivity index (χ1) is 11.4. The van der Waals surface area contributed by atoms with Crippen LogP contribution in [0.3, 0.4) is 0 Å². The number of quaternary nitrogens is 1. The van der Waals surface area contributed by atoms with E-state index in [0.29, 0.717) is 13.2 Å². The van der Waals surface area contributed by atoms with Crippen molar-refractivity contribution in [1.29, 1.82) is 0 Å². The van der Waals surface area contributed by atoms with Gasteiger partial charge in [-0.15, -0.1) is 0 Å². The summed E-state index contributed by atoms with van der Waals surface area (Å²) in [5.41, 5.74) is 3.54. The summed E-state index contributed by atoms with van der Waals surface area (Å²) in [4.78, 5) is 12.9. The predicted molar refractivity (Wildman–Crippen MR) is 99.1 cm³/mol. The number of hydrogen-bond acceptors (Lipinski definition) is 2. The summed E-state index contributed by atoms with van der Waals surface area (Å²) >= 11 is 5.61. The fraction of sp³-hybridized carbons (Fsp3) is 0.444. The molecule has 0 spiro atoms. The number of nitrogens with one attached hydrogen (secondary N) is 2. The van der Waals surface area contributed by atoms with E-state index in [2.05, 4.69) is 37.4 Å². The zero-order valence-corrected chi connectivity index (χ0v) is 15.7. The van der Waals surface area contributed by atoms with Crippen LogP contribution in [0.1, 0.15) is 24.5 Å². The number of amides is 1. The normalized spacial score (nSPS) is 12.2. The van der Waals surface area contributed by atoms with Crippen LogP contribution in [0.5, 0.6) is 0 Å². The molecule has 1 aromatic heterocycles. The van der Waals surface area contributed by atoms with Crippen molar-refractivity contribution in [2.45, 2.75) is 33.9 Å². The molecule has 1 atom stereocenters. The second-order valence-corrected chi connectivity index (χ2v) is 6.72. The fourth-order valence-electron chi connectivity index (χ4n) is 2.74. The summed E-state index contributed by atoms with van der Waals surface area (Å²) in [7, 11) is 2.00. The molecule has 1 amide bonds. The van der Waals surface area contributed by atoms with Gasteiger partial charge >= 0.3 is 0 Å². The van der Waals surface area contributed by atoms with Crippen molar-refractivity contribution in [3.05, 3.63) is 46.5 Å². The SMILES string of the molecule is CCCNC(=O)C[NH+](C)Cn1ccn(-c2ccc(C)cc2C)c1=S. The number of rotatable bonds is 7. The molecule has 0 saturated heterocycles. The molecular formula is C18H27N4OS+. The molecule has 24 heavy (non-hydrogen) atoms. The van der Waals surface area contributed by atoms with E-state index in [9.17, 15) is 4.79 Å². The highest BCUT2D eigenvalue weighted by Gasteiger charge is 2.12. The number of hydrogen-bond donors (Lipinski definition) is 2. The minimum atomic E-state index is 0.0784. The largest absolute Gasteiger partial charge is 0.351 e. The average molecular weight is 348 g/mol. The van der Waals surface area contributed by atoms with Crippen molar-refractivity contribution in [2.75, 3.05) is 20.1 Å². The van der Waals surface area contributed by atoms with E-state index in [4.69, 9.17) is 12.2 Å². The van der Waals surface area contributed by atoms with Crippen molar-refractivity contribution in [3.63, 3.8) is 0 Å². The second-order valence-electron chi connectivity index (χ2n) is 6.35. The summed E-state index contributed by atoms with van der Waals surface area (Å²) in [5.74, 6) is 0.0784. The predicted octanol–water partition coefficient (Wildman–Crippen LogP) is 1.62. The Hall–Kier alpha value is -1.92. The van der Waals surface area contributed by atoms with Gasteiger partial charge in [0, 0.05) is 18.9 Å². The van der Waals surface area contributed by atoms with Gasteiger partial charge < -0.3 is 10.2 Å². The average Bonchev–Trinajstić information content (AvgIpc) is 2.86. The molecule has 6 heteroatoms. The van der Waals surface area contributed by atoms with Gasteiger partial charge in [-0.2, -0.15) is 0 Å². The van der Waals surface area contributed by atoms with Crippen LogP contribution in [0.15, 0.2) is 30.6 Å². The topological polar surface area (TPSA) is 43.4 Å². The lowest BCUT2D eigenvalue weighted by atomic mass is 10.1. The molecule has 1 aromatic carbocycles. The summed E-state index contributed by atoms with van der Waals surface area (Å²) < 4.78 is 4.78. The minimum Gasteiger partial charge on any atom is -0.351 e. The van der Waals surface area contributed by atoms with E-state index < -0.39 is 0 Å². The summed E-state index contributed by atoms with van der Waals surface area (Å²) in [5, 5.41) is 2.91. The molecular weight excluding hydrogens is 320 g/mol. The number of carbonyl (C=O) groups excluding carboxylic acids is 1. The lowest BCUT2D eigenvalue weighted by Crippen LogP contribution is -3.09. The first kappa shape index (κ1) is 18.4. The Bertz CT molecular complexity index is 763. The van der Waals surface area contributed by atoms with Gasteiger partial charge in [-0.1, -0.05) is 24.6 Å². The monoisotopic (exact) mass is 347 g/mol. The first-order valence-corrected chi connectivity index (χ1v) is 8.76. The van der Waals surface area contributed by atoms with Crippen LogP contribution in [0.25, 0.3) is 5.69 Å². The molecule has 0 radical (unpaired) electrons. The molecule has 1 unspecified atom stereocenters. The molecule has 0 aliphatic carbocycles. The van der Waals surface area contributed by atoms with Crippen LogP contribution >= 0.6 is 12.2 Å². The number of aryl methyl sites for hydroxylation is 2. The molecule has 0 bridgehead atoms. The number of benzene rings is 1.